The van der Waals surface area contributed by atoms with Gasteiger partial charge in [0.2, 0.25) is 11.9 Å². The average Bonchev–Trinajstić information content (AvgIpc) is 3.10. The first-order chi connectivity index (χ1) is 10.8. The van der Waals surface area contributed by atoms with Gasteiger partial charge in [0.1, 0.15) is 0 Å². The van der Waals surface area contributed by atoms with Crippen molar-refractivity contribution in [3.63, 3.8) is 0 Å². The second-order valence-corrected chi connectivity index (χ2v) is 5.89. The summed E-state index contributed by atoms with van der Waals surface area (Å²) in [4.78, 5) is 29.3. The molecule has 0 unspecified atom stereocenters. The quantitative estimate of drug-likeness (QED) is 0.844. The molecule has 6 nitrogen and oxygen atoms in total. The molecule has 112 valence electrons. The number of nitrogens with zero attached hydrogens (tertiary/aromatic N) is 5. The molecule has 4 heterocycles. The molecule has 4 rings (SSSR count). The Kier molecular flexibility index (Phi) is 3.21. The lowest BCUT2D eigenvalue weighted by molar-refractivity contribution is -0.131. The number of carbonyl (C=O) groups excluding carboxylic acids is 1. The SMILES string of the molecule is O=C1[C@@H]2CN(c3ncccn3)C[C@@H]2CN1Cc1ccncc1. The molecule has 0 spiro atoms. The summed E-state index contributed by atoms with van der Waals surface area (Å²) in [6.07, 6.45) is 7.03. The van der Waals surface area contributed by atoms with Crippen LogP contribution in [0.15, 0.2) is 43.0 Å². The third-order valence-corrected chi connectivity index (χ3v) is 4.48. The lowest BCUT2D eigenvalue weighted by atomic mass is 10.0. The molecule has 1 amide bonds. The van der Waals surface area contributed by atoms with E-state index in [1.165, 1.54) is 0 Å². The van der Waals surface area contributed by atoms with Crippen LogP contribution < -0.4 is 4.90 Å². The molecule has 2 saturated heterocycles. The van der Waals surface area contributed by atoms with Gasteiger partial charge in [-0.15, -0.1) is 0 Å². The summed E-state index contributed by atoms with van der Waals surface area (Å²) in [5.41, 5.74) is 1.13. The van der Waals surface area contributed by atoms with Gasteiger partial charge in [0.15, 0.2) is 0 Å². The van der Waals surface area contributed by atoms with Gasteiger partial charge in [-0.2, -0.15) is 0 Å². The van der Waals surface area contributed by atoms with Gasteiger partial charge in [0.25, 0.3) is 0 Å². The molecule has 0 aliphatic carbocycles. The van der Waals surface area contributed by atoms with Gasteiger partial charge < -0.3 is 9.80 Å². The third-order valence-electron chi connectivity index (χ3n) is 4.48. The van der Waals surface area contributed by atoms with Gasteiger partial charge in [-0.05, 0) is 23.8 Å². The van der Waals surface area contributed by atoms with Gasteiger partial charge in [-0.1, -0.05) is 0 Å². The zero-order chi connectivity index (χ0) is 14.9. The fraction of sp³-hybridized carbons (Fsp3) is 0.375. The zero-order valence-corrected chi connectivity index (χ0v) is 12.2. The van der Waals surface area contributed by atoms with Crippen molar-refractivity contribution in [3.8, 4) is 0 Å². The van der Waals surface area contributed by atoms with Gasteiger partial charge in [-0.25, -0.2) is 9.97 Å². The Morgan fingerprint density at radius 2 is 1.82 bits per heavy atom. The van der Waals surface area contributed by atoms with Crippen molar-refractivity contribution < 1.29 is 4.79 Å². The number of rotatable bonds is 3. The van der Waals surface area contributed by atoms with Gasteiger partial charge in [0, 0.05) is 56.9 Å². The number of hydrogen-bond donors (Lipinski definition) is 0. The molecule has 22 heavy (non-hydrogen) atoms. The van der Waals surface area contributed by atoms with E-state index in [0.717, 1.165) is 31.1 Å². The molecule has 2 aromatic rings. The van der Waals surface area contributed by atoms with Gasteiger partial charge in [-0.3, -0.25) is 9.78 Å². The second kappa shape index (κ2) is 5.36. The Labute approximate surface area is 128 Å². The Bertz CT molecular complexity index is 663. The molecule has 0 radical (unpaired) electrons. The first-order valence-electron chi connectivity index (χ1n) is 7.51. The number of carbonyl (C=O) groups is 1. The summed E-state index contributed by atoms with van der Waals surface area (Å²) in [5.74, 6) is 1.43. The normalized spacial score (nSPS) is 23.9. The minimum atomic E-state index is 0.0747. The van der Waals surface area contributed by atoms with Crippen molar-refractivity contribution in [2.45, 2.75) is 6.54 Å². The summed E-state index contributed by atoms with van der Waals surface area (Å²) in [7, 11) is 0. The van der Waals surface area contributed by atoms with E-state index in [1.54, 1.807) is 24.8 Å². The molecule has 2 fully saturated rings. The number of hydrogen-bond acceptors (Lipinski definition) is 5. The molecule has 6 heteroatoms. The van der Waals surface area contributed by atoms with Crippen LogP contribution in [-0.4, -0.2) is 45.4 Å². The van der Waals surface area contributed by atoms with Crippen LogP contribution in [0.3, 0.4) is 0 Å². The van der Waals surface area contributed by atoms with Crippen molar-refractivity contribution in [1.82, 2.24) is 19.9 Å². The standard InChI is InChI=1S/C16H17N5O/c22-15-14-11-21(16-18-4-1-5-19-16)10-13(14)9-20(15)8-12-2-6-17-7-3-12/h1-7,13-14H,8-11H2/t13-,14+/m0/s1. The van der Waals surface area contributed by atoms with Crippen molar-refractivity contribution in [2.75, 3.05) is 24.5 Å². The molecule has 2 atom stereocenters. The topological polar surface area (TPSA) is 62.2 Å². The van der Waals surface area contributed by atoms with E-state index in [-0.39, 0.29) is 11.8 Å². The summed E-state index contributed by atoms with van der Waals surface area (Å²) in [6.45, 7) is 3.07. The molecule has 0 bridgehead atoms. The summed E-state index contributed by atoms with van der Waals surface area (Å²) in [6, 6.07) is 5.74. The number of pyridine rings is 1. The summed E-state index contributed by atoms with van der Waals surface area (Å²) >= 11 is 0. The van der Waals surface area contributed by atoms with Crippen LogP contribution in [-0.2, 0) is 11.3 Å². The predicted octanol–water partition coefficient (Wildman–Crippen LogP) is 0.966. The lowest BCUT2D eigenvalue weighted by Crippen LogP contribution is -2.33. The van der Waals surface area contributed by atoms with E-state index in [0.29, 0.717) is 12.5 Å². The molecule has 0 N–H and O–H groups in total. The third kappa shape index (κ3) is 2.30. The van der Waals surface area contributed by atoms with Gasteiger partial charge in [0.05, 0.1) is 5.92 Å². The summed E-state index contributed by atoms with van der Waals surface area (Å²) in [5, 5.41) is 0. The highest BCUT2D eigenvalue weighted by molar-refractivity contribution is 5.83. The van der Waals surface area contributed by atoms with Crippen LogP contribution in [0, 0.1) is 11.8 Å². The smallest absolute Gasteiger partial charge is 0.228 e. The minimum Gasteiger partial charge on any atom is -0.340 e. The molecule has 2 aromatic heterocycles. The van der Waals surface area contributed by atoms with Crippen LogP contribution in [0.2, 0.25) is 0 Å². The molecular weight excluding hydrogens is 278 g/mol. The fourth-order valence-corrected chi connectivity index (χ4v) is 3.41. The highest BCUT2D eigenvalue weighted by Gasteiger charge is 2.46. The van der Waals surface area contributed by atoms with Crippen molar-refractivity contribution in [3.05, 3.63) is 48.5 Å². The Morgan fingerprint density at radius 1 is 1.05 bits per heavy atom. The Morgan fingerprint density at radius 3 is 2.55 bits per heavy atom. The molecule has 0 aromatic carbocycles. The van der Waals surface area contributed by atoms with Crippen molar-refractivity contribution in [1.29, 1.82) is 0 Å². The van der Waals surface area contributed by atoms with Crippen LogP contribution >= 0.6 is 0 Å². The Hall–Kier alpha value is -2.50. The van der Waals surface area contributed by atoms with E-state index in [2.05, 4.69) is 19.9 Å². The van der Waals surface area contributed by atoms with Crippen LogP contribution in [0.5, 0.6) is 0 Å². The minimum absolute atomic E-state index is 0.0747. The van der Waals surface area contributed by atoms with E-state index in [9.17, 15) is 4.79 Å². The number of aromatic nitrogens is 3. The number of fused-ring (bicyclic) bond motifs is 1. The highest BCUT2D eigenvalue weighted by atomic mass is 16.2. The van der Waals surface area contributed by atoms with E-state index in [1.807, 2.05) is 23.1 Å². The maximum Gasteiger partial charge on any atom is 0.228 e. The average molecular weight is 295 g/mol. The van der Waals surface area contributed by atoms with Gasteiger partial charge >= 0.3 is 0 Å². The monoisotopic (exact) mass is 295 g/mol. The Balaban J connectivity index is 1.44. The zero-order valence-electron chi connectivity index (χ0n) is 12.2. The lowest BCUT2D eigenvalue weighted by Gasteiger charge is -2.21. The molecule has 2 aliphatic rings. The number of anilines is 1. The van der Waals surface area contributed by atoms with E-state index < -0.39 is 0 Å². The van der Waals surface area contributed by atoms with Crippen LogP contribution in [0.25, 0.3) is 0 Å². The van der Waals surface area contributed by atoms with Crippen LogP contribution in [0.4, 0.5) is 5.95 Å². The van der Waals surface area contributed by atoms with E-state index >= 15 is 0 Å². The number of likely N-dealkylation sites (tertiary alicyclic amines) is 1. The molecule has 2 aliphatic heterocycles. The maximum absolute atomic E-state index is 12.6. The predicted molar refractivity (Wildman–Crippen MR) is 80.9 cm³/mol. The highest BCUT2D eigenvalue weighted by Crippen LogP contribution is 2.34. The van der Waals surface area contributed by atoms with Crippen molar-refractivity contribution >= 4 is 11.9 Å². The number of amides is 1. The fourth-order valence-electron chi connectivity index (χ4n) is 3.41. The largest absolute Gasteiger partial charge is 0.340 e. The molecule has 0 saturated carbocycles. The van der Waals surface area contributed by atoms with Crippen LogP contribution in [0.1, 0.15) is 5.56 Å². The van der Waals surface area contributed by atoms with E-state index in [4.69, 9.17) is 0 Å². The molecular formula is C16H17N5O. The maximum atomic E-state index is 12.6. The second-order valence-electron chi connectivity index (χ2n) is 5.89. The first-order valence-corrected chi connectivity index (χ1v) is 7.51. The van der Waals surface area contributed by atoms with Crippen molar-refractivity contribution in [2.24, 2.45) is 11.8 Å². The first kappa shape index (κ1) is 13.2. The summed E-state index contributed by atoms with van der Waals surface area (Å²) < 4.78 is 0.